The number of piperazine rings is 1. The molecule has 0 radical (unpaired) electrons. The van der Waals surface area contributed by atoms with Gasteiger partial charge in [-0.15, -0.1) is 0 Å². The molecule has 2 aliphatic rings. The average Bonchev–Trinajstić information content (AvgIpc) is 2.80. The highest BCUT2D eigenvalue weighted by molar-refractivity contribution is 6.30. The van der Waals surface area contributed by atoms with Gasteiger partial charge in [-0.3, -0.25) is 14.6 Å². The minimum absolute atomic E-state index is 0.181. The summed E-state index contributed by atoms with van der Waals surface area (Å²) in [5, 5.41) is 0.789. The van der Waals surface area contributed by atoms with Crippen molar-refractivity contribution in [2.24, 2.45) is 5.92 Å². The van der Waals surface area contributed by atoms with Gasteiger partial charge in [-0.1, -0.05) is 66.2 Å². The van der Waals surface area contributed by atoms with Crippen molar-refractivity contribution in [2.45, 2.75) is 19.4 Å². The largest absolute Gasteiger partial charge is 0.340 e. The molecule has 31 heavy (non-hydrogen) atoms. The lowest BCUT2D eigenvalue weighted by molar-refractivity contribution is -0.138. The maximum atomic E-state index is 13.0. The third kappa shape index (κ3) is 6.42. The molecule has 164 valence electrons. The second-order valence-corrected chi connectivity index (χ2v) is 9.06. The van der Waals surface area contributed by atoms with Gasteiger partial charge in [0.25, 0.3) is 0 Å². The van der Waals surface area contributed by atoms with Crippen molar-refractivity contribution in [3.8, 4) is 0 Å². The lowest BCUT2D eigenvalue weighted by Gasteiger charge is -2.38. The number of benzene rings is 2. The molecule has 1 amide bonds. The summed E-state index contributed by atoms with van der Waals surface area (Å²) in [6, 6.07) is 18.5. The third-order valence-electron chi connectivity index (χ3n) is 6.39. The van der Waals surface area contributed by atoms with Crippen molar-refractivity contribution in [2.75, 3.05) is 45.8 Å². The number of halogens is 1. The van der Waals surface area contributed by atoms with Crippen LogP contribution >= 0.6 is 11.6 Å². The molecular weight excluding hydrogens is 406 g/mol. The lowest BCUT2D eigenvalue weighted by atomic mass is 9.94. The van der Waals surface area contributed by atoms with E-state index in [2.05, 4.69) is 57.2 Å². The molecule has 0 N–H and O–H groups in total. The smallest absolute Gasteiger partial charge is 0.225 e. The maximum Gasteiger partial charge on any atom is 0.225 e. The zero-order valence-corrected chi connectivity index (χ0v) is 18.9. The van der Waals surface area contributed by atoms with E-state index in [0.717, 1.165) is 70.2 Å². The molecule has 0 aliphatic carbocycles. The maximum absolute atomic E-state index is 13.0. The molecule has 0 saturated carbocycles. The van der Waals surface area contributed by atoms with Gasteiger partial charge in [0, 0.05) is 50.2 Å². The fourth-order valence-electron chi connectivity index (χ4n) is 4.54. The number of amides is 1. The van der Waals surface area contributed by atoms with Crippen LogP contribution in [0.4, 0.5) is 0 Å². The van der Waals surface area contributed by atoms with Gasteiger partial charge in [0.2, 0.25) is 5.91 Å². The van der Waals surface area contributed by atoms with E-state index >= 15 is 0 Å². The first-order chi connectivity index (χ1) is 15.2. The fraction of sp³-hybridized carbons (Fsp3) is 0.423. The van der Waals surface area contributed by atoms with Gasteiger partial charge < -0.3 is 4.90 Å². The average molecular weight is 438 g/mol. The van der Waals surface area contributed by atoms with Gasteiger partial charge in [-0.25, -0.2) is 0 Å². The highest BCUT2D eigenvalue weighted by Gasteiger charge is 2.30. The molecule has 4 nitrogen and oxygen atoms in total. The van der Waals surface area contributed by atoms with Crippen LogP contribution in [-0.2, 0) is 11.3 Å². The summed E-state index contributed by atoms with van der Waals surface area (Å²) in [5.41, 5.74) is 2.48. The molecule has 0 spiro atoms. The van der Waals surface area contributed by atoms with Gasteiger partial charge in [0.05, 0.1) is 0 Å². The summed E-state index contributed by atoms with van der Waals surface area (Å²) in [7, 11) is 0. The summed E-state index contributed by atoms with van der Waals surface area (Å²) in [4.78, 5) is 20.0. The van der Waals surface area contributed by atoms with Gasteiger partial charge >= 0.3 is 0 Å². The summed E-state index contributed by atoms with van der Waals surface area (Å²) in [6.07, 6.45) is 6.32. The van der Waals surface area contributed by atoms with Crippen LogP contribution in [0.3, 0.4) is 0 Å². The summed E-state index contributed by atoms with van der Waals surface area (Å²) in [5.74, 6) is 0.544. The van der Waals surface area contributed by atoms with Crippen molar-refractivity contribution in [3.63, 3.8) is 0 Å². The van der Waals surface area contributed by atoms with Crippen LogP contribution in [0.2, 0.25) is 5.02 Å². The quantitative estimate of drug-likeness (QED) is 0.669. The van der Waals surface area contributed by atoms with E-state index < -0.39 is 0 Å². The second-order valence-electron chi connectivity index (χ2n) is 8.62. The molecule has 0 aromatic heterocycles. The van der Waals surface area contributed by atoms with E-state index in [1.165, 1.54) is 11.1 Å². The Kier molecular flexibility index (Phi) is 7.79. The molecule has 2 aromatic rings. The van der Waals surface area contributed by atoms with Crippen molar-refractivity contribution in [1.29, 1.82) is 0 Å². The van der Waals surface area contributed by atoms with Crippen molar-refractivity contribution in [3.05, 3.63) is 76.8 Å². The Morgan fingerprint density at radius 1 is 0.903 bits per heavy atom. The normalized spacial score (nSPS) is 19.2. The number of carbonyl (C=O) groups excluding carboxylic acids is 1. The molecule has 4 rings (SSSR count). The molecule has 0 atom stereocenters. The zero-order valence-electron chi connectivity index (χ0n) is 18.1. The zero-order chi connectivity index (χ0) is 21.5. The number of carbonyl (C=O) groups is 1. The topological polar surface area (TPSA) is 26.8 Å². The Balaban J connectivity index is 1.17. The summed E-state index contributed by atoms with van der Waals surface area (Å²) in [6.45, 7) is 7.42. The highest BCUT2D eigenvalue weighted by Crippen LogP contribution is 2.22. The highest BCUT2D eigenvalue weighted by atomic mass is 35.5. The number of hydrogen-bond acceptors (Lipinski definition) is 3. The van der Waals surface area contributed by atoms with Crippen LogP contribution in [-0.4, -0.2) is 66.4 Å². The van der Waals surface area contributed by atoms with Crippen LogP contribution in [0.5, 0.6) is 0 Å². The lowest BCUT2D eigenvalue weighted by Crippen LogP contribution is -2.51. The first-order valence-corrected chi connectivity index (χ1v) is 11.7. The molecule has 0 unspecified atom stereocenters. The fourth-order valence-corrected chi connectivity index (χ4v) is 4.76. The van der Waals surface area contributed by atoms with E-state index in [1.807, 2.05) is 24.3 Å². The Morgan fingerprint density at radius 3 is 2.35 bits per heavy atom. The summed E-state index contributed by atoms with van der Waals surface area (Å²) < 4.78 is 0. The summed E-state index contributed by atoms with van der Waals surface area (Å²) >= 11 is 6.10. The molecule has 2 saturated heterocycles. The number of likely N-dealkylation sites (tertiary alicyclic amines) is 1. The Morgan fingerprint density at radius 2 is 1.65 bits per heavy atom. The van der Waals surface area contributed by atoms with Crippen molar-refractivity contribution >= 4 is 23.6 Å². The molecule has 2 aromatic carbocycles. The van der Waals surface area contributed by atoms with Crippen LogP contribution in [0, 0.1) is 5.92 Å². The number of piperidine rings is 1. The minimum Gasteiger partial charge on any atom is -0.340 e. The minimum atomic E-state index is 0.181. The molecular formula is C26H32ClN3O. The van der Waals surface area contributed by atoms with E-state index in [4.69, 9.17) is 11.6 Å². The predicted octanol–water partition coefficient (Wildman–Crippen LogP) is 4.41. The first kappa shape index (κ1) is 22.1. The monoisotopic (exact) mass is 437 g/mol. The predicted molar refractivity (Wildman–Crippen MR) is 128 cm³/mol. The molecule has 5 heteroatoms. The van der Waals surface area contributed by atoms with Crippen LogP contribution in [0.1, 0.15) is 24.0 Å². The Labute approximate surface area is 191 Å². The Bertz CT molecular complexity index is 869. The standard InChI is InChI=1S/C26H32ClN3O/c27-25-10-4-8-23(20-25)21-29-14-11-24(12-15-29)26(31)30-18-16-28(17-19-30)13-5-9-22-6-2-1-3-7-22/h1-10,20,24H,11-19,21H2/b9-5+. The Hall–Kier alpha value is -2.14. The van der Waals surface area contributed by atoms with E-state index in [-0.39, 0.29) is 5.92 Å². The van der Waals surface area contributed by atoms with Gasteiger partial charge in [-0.2, -0.15) is 0 Å². The first-order valence-electron chi connectivity index (χ1n) is 11.4. The number of rotatable bonds is 6. The van der Waals surface area contributed by atoms with Crippen molar-refractivity contribution in [1.82, 2.24) is 14.7 Å². The van der Waals surface area contributed by atoms with E-state index in [9.17, 15) is 4.79 Å². The van der Waals surface area contributed by atoms with Crippen molar-refractivity contribution < 1.29 is 4.79 Å². The van der Waals surface area contributed by atoms with Gasteiger partial charge in [0.1, 0.15) is 0 Å². The second kappa shape index (κ2) is 10.9. The third-order valence-corrected chi connectivity index (χ3v) is 6.62. The molecule has 2 fully saturated rings. The molecule has 2 aliphatic heterocycles. The van der Waals surface area contributed by atoms with E-state index in [1.54, 1.807) is 0 Å². The molecule has 2 heterocycles. The van der Waals surface area contributed by atoms with Gasteiger partial charge in [0.15, 0.2) is 0 Å². The van der Waals surface area contributed by atoms with Crippen LogP contribution in [0.15, 0.2) is 60.7 Å². The number of nitrogens with zero attached hydrogens (tertiary/aromatic N) is 3. The molecule has 0 bridgehead atoms. The number of hydrogen-bond donors (Lipinski definition) is 0. The van der Waals surface area contributed by atoms with E-state index in [0.29, 0.717) is 5.91 Å². The van der Waals surface area contributed by atoms with Gasteiger partial charge in [-0.05, 0) is 49.2 Å². The van der Waals surface area contributed by atoms with Crippen LogP contribution in [0.25, 0.3) is 6.08 Å². The van der Waals surface area contributed by atoms with Crippen LogP contribution < -0.4 is 0 Å². The SMILES string of the molecule is O=C(C1CCN(Cc2cccc(Cl)c2)CC1)N1CCN(C/C=C/c2ccccc2)CC1.